The lowest BCUT2D eigenvalue weighted by Crippen LogP contribution is -2.38. The number of hydrogen-bond acceptors (Lipinski definition) is 5. The molecule has 0 spiro atoms. The lowest BCUT2D eigenvalue weighted by atomic mass is 10.2. The molecular formula is C17H21N5O. The molecule has 0 bridgehead atoms. The number of anilines is 2. The molecule has 1 amide bonds. The van der Waals surface area contributed by atoms with Crippen molar-refractivity contribution in [3.05, 3.63) is 48.3 Å². The van der Waals surface area contributed by atoms with E-state index in [4.69, 9.17) is 0 Å². The van der Waals surface area contributed by atoms with E-state index in [1.165, 1.54) is 0 Å². The number of para-hydroxylation sites is 1. The van der Waals surface area contributed by atoms with E-state index in [1.807, 2.05) is 37.4 Å². The second-order valence-electron chi connectivity index (χ2n) is 5.91. The molecule has 1 aromatic carbocycles. The van der Waals surface area contributed by atoms with E-state index in [0.717, 1.165) is 25.2 Å². The van der Waals surface area contributed by atoms with Crippen LogP contribution in [-0.4, -0.2) is 58.9 Å². The molecule has 120 valence electrons. The SMILES string of the molecule is CN1CC[C@H](N(C)C(=O)c2cnc(Nc3ccccc3)nc2)C1. The molecule has 1 atom stereocenters. The average Bonchev–Trinajstić information content (AvgIpc) is 3.02. The zero-order chi connectivity index (χ0) is 16.2. The fourth-order valence-corrected chi connectivity index (χ4v) is 2.75. The largest absolute Gasteiger partial charge is 0.337 e. The average molecular weight is 311 g/mol. The number of aromatic nitrogens is 2. The Bertz CT molecular complexity index is 658. The van der Waals surface area contributed by atoms with Crippen LogP contribution in [0.2, 0.25) is 0 Å². The minimum atomic E-state index is -0.0310. The van der Waals surface area contributed by atoms with E-state index in [9.17, 15) is 4.79 Å². The van der Waals surface area contributed by atoms with Crippen molar-refractivity contribution >= 4 is 17.5 Å². The zero-order valence-corrected chi connectivity index (χ0v) is 13.4. The molecule has 1 N–H and O–H groups in total. The van der Waals surface area contributed by atoms with E-state index < -0.39 is 0 Å². The van der Waals surface area contributed by atoms with Gasteiger partial charge < -0.3 is 15.1 Å². The standard InChI is InChI=1S/C17H21N5O/c1-21-9-8-15(12-21)22(2)16(23)13-10-18-17(19-11-13)20-14-6-4-3-5-7-14/h3-7,10-11,15H,8-9,12H2,1-2H3,(H,18,19,20)/t15-/m0/s1. The summed E-state index contributed by atoms with van der Waals surface area (Å²) in [6.07, 6.45) is 4.17. The maximum Gasteiger partial charge on any atom is 0.257 e. The maximum atomic E-state index is 12.5. The Morgan fingerprint density at radius 2 is 1.96 bits per heavy atom. The van der Waals surface area contributed by atoms with Crippen LogP contribution in [0.3, 0.4) is 0 Å². The monoisotopic (exact) mass is 311 g/mol. The number of carbonyl (C=O) groups excluding carboxylic acids is 1. The van der Waals surface area contributed by atoms with Crippen molar-refractivity contribution in [3.63, 3.8) is 0 Å². The third-order valence-corrected chi connectivity index (χ3v) is 4.16. The van der Waals surface area contributed by atoms with Crippen molar-refractivity contribution in [1.82, 2.24) is 19.8 Å². The highest BCUT2D eigenvalue weighted by molar-refractivity contribution is 5.93. The first kappa shape index (κ1) is 15.4. The smallest absolute Gasteiger partial charge is 0.257 e. The number of amides is 1. The van der Waals surface area contributed by atoms with E-state index >= 15 is 0 Å². The van der Waals surface area contributed by atoms with Crippen molar-refractivity contribution in [2.75, 3.05) is 32.5 Å². The summed E-state index contributed by atoms with van der Waals surface area (Å²) in [7, 11) is 3.92. The number of hydrogen-bond donors (Lipinski definition) is 1. The topological polar surface area (TPSA) is 61.4 Å². The van der Waals surface area contributed by atoms with Gasteiger partial charge in [0.2, 0.25) is 5.95 Å². The van der Waals surface area contributed by atoms with Gasteiger partial charge in [-0.25, -0.2) is 9.97 Å². The third kappa shape index (κ3) is 3.65. The predicted molar refractivity (Wildman–Crippen MR) is 89.8 cm³/mol. The van der Waals surface area contributed by atoms with Gasteiger partial charge in [0.25, 0.3) is 5.91 Å². The van der Waals surface area contributed by atoms with Crippen molar-refractivity contribution in [2.24, 2.45) is 0 Å². The van der Waals surface area contributed by atoms with Crippen LogP contribution >= 0.6 is 0 Å². The number of benzene rings is 1. The summed E-state index contributed by atoms with van der Waals surface area (Å²) in [5.41, 5.74) is 1.43. The third-order valence-electron chi connectivity index (χ3n) is 4.16. The Morgan fingerprint density at radius 1 is 1.26 bits per heavy atom. The first-order valence-corrected chi connectivity index (χ1v) is 7.73. The van der Waals surface area contributed by atoms with Crippen LogP contribution in [0.15, 0.2) is 42.7 Å². The molecule has 1 fully saturated rings. The summed E-state index contributed by atoms with van der Waals surface area (Å²) in [5, 5.41) is 3.11. The highest BCUT2D eigenvalue weighted by Gasteiger charge is 2.27. The normalized spacial score (nSPS) is 17.9. The van der Waals surface area contributed by atoms with Crippen molar-refractivity contribution in [3.8, 4) is 0 Å². The number of likely N-dealkylation sites (N-methyl/N-ethyl adjacent to an activating group) is 2. The van der Waals surface area contributed by atoms with Crippen molar-refractivity contribution in [2.45, 2.75) is 12.5 Å². The molecule has 2 aromatic rings. The van der Waals surface area contributed by atoms with Crippen LogP contribution < -0.4 is 5.32 Å². The Balaban J connectivity index is 1.65. The van der Waals surface area contributed by atoms with Gasteiger partial charge in [-0.15, -0.1) is 0 Å². The van der Waals surface area contributed by atoms with Crippen LogP contribution in [-0.2, 0) is 0 Å². The molecule has 0 unspecified atom stereocenters. The predicted octanol–water partition coefficient (Wildman–Crippen LogP) is 2.00. The number of likely N-dealkylation sites (tertiary alicyclic amines) is 1. The first-order valence-electron chi connectivity index (χ1n) is 7.73. The summed E-state index contributed by atoms with van der Waals surface area (Å²) in [6.45, 7) is 1.94. The lowest BCUT2D eigenvalue weighted by molar-refractivity contribution is 0.0737. The van der Waals surface area contributed by atoms with Gasteiger partial charge >= 0.3 is 0 Å². The molecule has 23 heavy (non-hydrogen) atoms. The molecule has 6 heteroatoms. The second kappa shape index (κ2) is 6.75. The molecule has 0 saturated carbocycles. The fourth-order valence-electron chi connectivity index (χ4n) is 2.75. The minimum Gasteiger partial charge on any atom is -0.337 e. The number of nitrogens with one attached hydrogen (secondary N) is 1. The summed E-state index contributed by atoms with van der Waals surface area (Å²) in [6, 6.07) is 9.96. The summed E-state index contributed by atoms with van der Waals surface area (Å²) in [4.78, 5) is 25.0. The van der Waals surface area contributed by atoms with Gasteiger partial charge in [0.05, 0.1) is 5.56 Å². The van der Waals surface area contributed by atoms with E-state index in [0.29, 0.717) is 11.5 Å². The number of nitrogens with zero attached hydrogens (tertiary/aromatic N) is 4. The number of carbonyl (C=O) groups is 1. The summed E-state index contributed by atoms with van der Waals surface area (Å²) >= 11 is 0. The van der Waals surface area contributed by atoms with Crippen molar-refractivity contribution < 1.29 is 4.79 Å². The van der Waals surface area contributed by atoms with Crippen LogP contribution in [0.1, 0.15) is 16.8 Å². The molecule has 0 aliphatic carbocycles. The molecular weight excluding hydrogens is 290 g/mol. The fraction of sp³-hybridized carbons (Fsp3) is 0.353. The van der Waals surface area contributed by atoms with E-state index in [2.05, 4.69) is 27.2 Å². The van der Waals surface area contributed by atoms with Gasteiger partial charge in [-0.1, -0.05) is 18.2 Å². The highest BCUT2D eigenvalue weighted by Crippen LogP contribution is 2.16. The highest BCUT2D eigenvalue weighted by atomic mass is 16.2. The molecule has 6 nitrogen and oxygen atoms in total. The van der Waals surface area contributed by atoms with Crippen LogP contribution in [0.5, 0.6) is 0 Å². The Kier molecular flexibility index (Phi) is 4.52. The van der Waals surface area contributed by atoms with Gasteiger partial charge in [-0.2, -0.15) is 0 Å². The van der Waals surface area contributed by atoms with Gasteiger partial charge in [0.15, 0.2) is 0 Å². The van der Waals surface area contributed by atoms with Gasteiger partial charge in [0.1, 0.15) is 0 Å². The maximum absolute atomic E-state index is 12.5. The van der Waals surface area contributed by atoms with Crippen LogP contribution in [0.25, 0.3) is 0 Å². The molecule has 1 aliphatic rings. The molecule has 1 saturated heterocycles. The van der Waals surface area contributed by atoms with Crippen molar-refractivity contribution in [1.29, 1.82) is 0 Å². The van der Waals surface area contributed by atoms with E-state index in [1.54, 1.807) is 17.3 Å². The molecule has 1 aromatic heterocycles. The molecule has 0 radical (unpaired) electrons. The summed E-state index contributed by atoms with van der Waals surface area (Å²) < 4.78 is 0. The lowest BCUT2D eigenvalue weighted by Gasteiger charge is -2.24. The molecule has 3 rings (SSSR count). The second-order valence-corrected chi connectivity index (χ2v) is 5.91. The van der Waals surface area contributed by atoms with E-state index in [-0.39, 0.29) is 11.9 Å². The number of rotatable bonds is 4. The van der Waals surface area contributed by atoms with Gasteiger partial charge in [0, 0.05) is 37.7 Å². The van der Waals surface area contributed by atoms with Gasteiger partial charge in [-0.3, -0.25) is 4.79 Å². The quantitative estimate of drug-likeness (QED) is 0.936. The zero-order valence-electron chi connectivity index (χ0n) is 13.4. The molecule has 2 heterocycles. The van der Waals surface area contributed by atoms with Crippen LogP contribution in [0.4, 0.5) is 11.6 Å². The Hall–Kier alpha value is -2.47. The van der Waals surface area contributed by atoms with Gasteiger partial charge in [-0.05, 0) is 32.1 Å². The van der Waals surface area contributed by atoms with Crippen LogP contribution in [0, 0.1) is 0 Å². The Labute approximate surface area is 136 Å². The first-order chi connectivity index (χ1) is 11.1. The molecule has 1 aliphatic heterocycles. The summed E-state index contributed by atoms with van der Waals surface area (Å²) in [5.74, 6) is 0.451. The Morgan fingerprint density at radius 3 is 2.57 bits per heavy atom. The minimum absolute atomic E-state index is 0.0310.